The van der Waals surface area contributed by atoms with Gasteiger partial charge < -0.3 is 9.67 Å². The lowest BCUT2D eigenvalue weighted by Gasteiger charge is -2.10. The molecule has 0 aliphatic heterocycles. The van der Waals surface area contributed by atoms with Crippen LogP contribution in [0.25, 0.3) is 10.2 Å². The van der Waals surface area contributed by atoms with E-state index < -0.39 is 29.6 Å². The van der Waals surface area contributed by atoms with Gasteiger partial charge in [0.2, 0.25) is 0 Å². The average molecular weight is 397 g/mol. The molecule has 0 aliphatic rings. The topological polar surface area (TPSA) is 71.7 Å². The summed E-state index contributed by atoms with van der Waals surface area (Å²) in [6, 6.07) is 6.80. The predicted molar refractivity (Wildman–Crippen MR) is 93.4 cm³/mol. The van der Waals surface area contributed by atoms with Crippen LogP contribution in [-0.4, -0.2) is 21.6 Å². The molecule has 0 radical (unpaired) electrons. The lowest BCUT2D eigenvalue weighted by molar-refractivity contribution is -0.140. The van der Waals surface area contributed by atoms with Crippen molar-refractivity contribution < 1.29 is 23.5 Å². The number of halogens is 3. The molecule has 3 rings (SSSR count). The van der Waals surface area contributed by atoms with Crippen molar-refractivity contribution in [1.29, 1.82) is 0 Å². The van der Waals surface area contributed by atoms with Crippen molar-refractivity contribution >= 4 is 45.0 Å². The molecule has 3 aromatic rings. The first-order valence-corrected chi connectivity index (χ1v) is 8.55. The fraction of sp³-hybridized carbons (Fsp3) is 0.118. The van der Waals surface area contributed by atoms with Crippen LogP contribution < -0.4 is 4.80 Å². The quantitative estimate of drug-likeness (QED) is 0.726. The first-order chi connectivity index (χ1) is 12.3. The first kappa shape index (κ1) is 18.2. The lowest BCUT2D eigenvalue weighted by atomic mass is 10.2. The monoisotopic (exact) mass is 396 g/mol. The zero-order chi connectivity index (χ0) is 19.0. The van der Waals surface area contributed by atoms with Crippen LogP contribution in [0.5, 0.6) is 0 Å². The summed E-state index contributed by atoms with van der Waals surface area (Å²) in [5.74, 6) is -4.03. The Hall–Kier alpha value is -2.58. The zero-order valence-electron chi connectivity index (χ0n) is 13.2. The number of carbonyl (C=O) groups excluding carboxylic acids is 1. The largest absolute Gasteiger partial charge is 0.480 e. The lowest BCUT2D eigenvalue weighted by Crippen LogP contribution is -2.25. The molecule has 0 saturated carbocycles. The molecule has 9 heteroatoms. The van der Waals surface area contributed by atoms with Crippen molar-refractivity contribution in [3.63, 3.8) is 0 Å². The third kappa shape index (κ3) is 3.38. The smallest absolute Gasteiger partial charge is 0.326 e. The summed E-state index contributed by atoms with van der Waals surface area (Å²) in [4.78, 5) is 27.8. The summed E-state index contributed by atoms with van der Waals surface area (Å²) in [5, 5.41) is 9.67. The standard InChI is InChI=1S/C17H11ClF2N2O3S/c1-8(16(24)25)22-13-6-11(19)12(20)7-14(13)26-17(22)21-15(23)9-3-2-4-10(18)5-9/h2-8H,1H3,(H,24,25)/b21-17-. The van der Waals surface area contributed by atoms with E-state index in [1.54, 1.807) is 12.1 Å². The van der Waals surface area contributed by atoms with Crippen LogP contribution in [-0.2, 0) is 4.79 Å². The number of carbonyl (C=O) groups is 2. The Kier molecular flexibility index (Phi) is 4.88. The number of fused-ring (bicyclic) bond motifs is 1. The number of nitrogens with zero attached hydrogens (tertiary/aromatic N) is 2. The van der Waals surface area contributed by atoms with E-state index in [0.717, 1.165) is 23.5 Å². The molecule has 1 amide bonds. The Morgan fingerprint density at radius 3 is 2.58 bits per heavy atom. The Bertz CT molecular complexity index is 1110. The van der Waals surface area contributed by atoms with Gasteiger partial charge in [0.15, 0.2) is 16.4 Å². The molecule has 0 bridgehead atoms. The Morgan fingerprint density at radius 1 is 1.23 bits per heavy atom. The van der Waals surface area contributed by atoms with E-state index in [-0.39, 0.29) is 20.6 Å². The van der Waals surface area contributed by atoms with E-state index in [1.807, 2.05) is 0 Å². The fourth-order valence-electron chi connectivity index (χ4n) is 2.37. The number of amides is 1. The van der Waals surface area contributed by atoms with Gasteiger partial charge in [0.05, 0.1) is 10.2 Å². The number of aromatic nitrogens is 1. The molecular weight excluding hydrogens is 386 g/mol. The maximum absolute atomic E-state index is 13.6. The van der Waals surface area contributed by atoms with Crippen molar-refractivity contribution in [2.24, 2.45) is 4.99 Å². The van der Waals surface area contributed by atoms with Gasteiger partial charge in [0, 0.05) is 16.7 Å². The number of carboxylic acids is 1. The van der Waals surface area contributed by atoms with Crippen LogP contribution in [0.2, 0.25) is 5.02 Å². The van der Waals surface area contributed by atoms with Gasteiger partial charge >= 0.3 is 5.97 Å². The fourth-order valence-corrected chi connectivity index (χ4v) is 3.67. The van der Waals surface area contributed by atoms with E-state index in [4.69, 9.17) is 11.6 Å². The maximum atomic E-state index is 13.6. The Balaban J connectivity index is 2.25. The Labute approximate surface area is 154 Å². The minimum Gasteiger partial charge on any atom is -0.480 e. The number of thiazole rings is 1. The van der Waals surface area contributed by atoms with Gasteiger partial charge in [0.1, 0.15) is 6.04 Å². The molecule has 1 heterocycles. The minimum atomic E-state index is -1.20. The second-order valence-electron chi connectivity index (χ2n) is 5.43. The molecule has 1 N–H and O–H groups in total. The average Bonchev–Trinajstić information content (AvgIpc) is 2.91. The zero-order valence-corrected chi connectivity index (χ0v) is 14.8. The van der Waals surface area contributed by atoms with Gasteiger partial charge in [-0.3, -0.25) is 4.79 Å². The van der Waals surface area contributed by atoms with E-state index in [1.165, 1.54) is 23.6 Å². The van der Waals surface area contributed by atoms with Gasteiger partial charge in [0.25, 0.3) is 5.91 Å². The number of benzene rings is 2. The van der Waals surface area contributed by atoms with Crippen molar-refractivity contribution in [3.05, 3.63) is 63.4 Å². The molecule has 0 saturated heterocycles. The summed E-state index contributed by atoms with van der Waals surface area (Å²) >= 11 is 6.75. The highest BCUT2D eigenvalue weighted by atomic mass is 35.5. The van der Waals surface area contributed by atoms with Crippen molar-refractivity contribution in [2.45, 2.75) is 13.0 Å². The molecule has 5 nitrogen and oxygen atoms in total. The highest BCUT2D eigenvalue weighted by molar-refractivity contribution is 7.16. The SMILES string of the molecule is CC(C(=O)O)n1/c(=N/C(=O)c2cccc(Cl)c2)sc2cc(F)c(F)cc21. The molecule has 0 fully saturated rings. The van der Waals surface area contributed by atoms with Gasteiger partial charge in [-0.2, -0.15) is 4.99 Å². The summed E-state index contributed by atoms with van der Waals surface area (Å²) in [5.41, 5.74) is 0.350. The van der Waals surface area contributed by atoms with Crippen LogP contribution >= 0.6 is 22.9 Å². The molecule has 26 heavy (non-hydrogen) atoms. The molecular formula is C17H11ClF2N2O3S. The van der Waals surface area contributed by atoms with E-state index in [9.17, 15) is 23.5 Å². The summed E-state index contributed by atoms with van der Waals surface area (Å²) in [6.45, 7) is 1.36. The summed E-state index contributed by atoms with van der Waals surface area (Å²) < 4.78 is 28.6. The first-order valence-electron chi connectivity index (χ1n) is 7.35. The maximum Gasteiger partial charge on any atom is 0.326 e. The molecule has 134 valence electrons. The van der Waals surface area contributed by atoms with E-state index >= 15 is 0 Å². The van der Waals surface area contributed by atoms with Gasteiger partial charge in [-0.25, -0.2) is 13.6 Å². The molecule has 0 spiro atoms. The number of rotatable bonds is 3. The van der Waals surface area contributed by atoms with Crippen molar-refractivity contribution in [1.82, 2.24) is 4.57 Å². The molecule has 0 aliphatic carbocycles. The number of aliphatic carboxylic acids is 1. The Morgan fingerprint density at radius 2 is 1.92 bits per heavy atom. The third-order valence-corrected chi connectivity index (χ3v) is 4.93. The molecule has 1 atom stereocenters. The van der Waals surface area contributed by atoms with Crippen LogP contribution in [0.15, 0.2) is 41.4 Å². The van der Waals surface area contributed by atoms with Gasteiger partial charge in [-0.1, -0.05) is 29.0 Å². The van der Waals surface area contributed by atoms with Crippen LogP contribution in [0.3, 0.4) is 0 Å². The number of hydrogen-bond acceptors (Lipinski definition) is 3. The number of hydrogen-bond donors (Lipinski definition) is 1. The minimum absolute atomic E-state index is 0.0184. The van der Waals surface area contributed by atoms with Crippen molar-refractivity contribution in [2.75, 3.05) is 0 Å². The highest BCUT2D eigenvalue weighted by Gasteiger charge is 2.21. The second-order valence-corrected chi connectivity index (χ2v) is 6.88. The molecule has 2 aromatic carbocycles. The van der Waals surface area contributed by atoms with Crippen LogP contribution in [0, 0.1) is 11.6 Å². The summed E-state index contributed by atoms with van der Waals surface area (Å²) in [7, 11) is 0. The van der Waals surface area contributed by atoms with E-state index in [0.29, 0.717) is 5.02 Å². The predicted octanol–water partition coefficient (Wildman–Crippen LogP) is 4.02. The van der Waals surface area contributed by atoms with Crippen LogP contribution in [0.1, 0.15) is 23.3 Å². The van der Waals surface area contributed by atoms with Gasteiger partial charge in [-0.05, 0) is 31.2 Å². The van der Waals surface area contributed by atoms with Crippen molar-refractivity contribution in [3.8, 4) is 0 Å². The van der Waals surface area contributed by atoms with Crippen LogP contribution in [0.4, 0.5) is 8.78 Å². The van der Waals surface area contributed by atoms with E-state index in [2.05, 4.69) is 4.99 Å². The van der Waals surface area contributed by atoms with Gasteiger partial charge in [-0.15, -0.1) is 0 Å². The second kappa shape index (κ2) is 6.97. The third-order valence-electron chi connectivity index (χ3n) is 3.68. The molecule has 1 aromatic heterocycles. The summed E-state index contributed by atoms with van der Waals surface area (Å²) in [6.07, 6.45) is 0. The normalized spacial score (nSPS) is 13.2. The highest BCUT2D eigenvalue weighted by Crippen LogP contribution is 2.24. The number of carboxylic acid groups (broad SMARTS) is 1. The molecule has 1 unspecified atom stereocenters.